The standard InChI is InChI=1S/C27H35N5O5S/c1-18(33)31-22-7-5-6-19(12-22)13-23-16-30-38(35,36)32(23)17-20-8-9-25-24(14-20)21(15-29-25)10-11-28-26(34)37-27(2,3)4/h5-9,12,14-15,23,29-30H,10-11,13,16-17H2,1-4H3,(H,28,34)(H,31,33). The number of ether oxygens (including phenoxy) is 1. The van der Waals surface area contributed by atoms with Gasteiger partial charge in [0.15, 0.2) is 0 Å². The highest BCUT2D eigenvalue weighted by Gasteiger charge is 2.37. The maximum atomic E-state index is 12.9. The predicted octanol–water partition coefficient (Wildman–Crippen LogP) is 3.45. The third-order valence-corrected chi connectivity index (χ3v) is 7.75. The molecular formula is C27H35N5O5S. The molecule has 0 bridgehead atoms. The summed E-state index contributed by atoms with van der Waals surface area (Å²) in [6, 6.07) is 13.0. The Labute approximate surface area is 223 Å². The molecule has 1 aliphatic rings. The van der Waals surface area contributed by atoms with Crippen molar-refractivity contribution in [2.75, 3.05) is 18.4 Å². The van der Waals surface area contributed by atoms with Gasteiger partial charge in [-0.3, -0.25) is 4.79 Å². The third-order valence-electron chi connectivity index (χ3n) is 6.17. The molecule has 2 aromatic carbocycles. The van der Waals surface area contributed by atoms with Gasteiger partial charge in [0.2, 0.25) is 5.91 Å². The van der Waals surface area contributed by atoms with Gasteiger partial charge in [-0.15, -0.1) is 0 Å². The number of fused-ring (bicyclic) bond motifs is 1. The van der Waals surface area contributed by atoms with Crippen molar-refractivity contribution in [1.82, 2.24) is 19.3 Å². The fraction of sp³-hybridized carbons (Fsp3) is 0.407. The molecule has 1 aliphatic heterocycles. The Hall–Kier alpha value is -3.41. The van der Waals surface area contributed by atoms with E-state index >= 15 is 0 Å². The van der Waals surface area contributed by atoms with Crippen LogP contribution in [0.3, 0.4) is 0 Å². The van der Waals surface area contributed by atoms with Crippen molar-refractivity contribution in [2.24, 2.45) is 0 Å². The van der Waals surface area contributed by atoms with Crippen LogP contribution in [0, 0.1) is 0 Å². The van der Waals surface area contributed by atoms with Crippen LogP contribution >= 0.6 is 0 Å². The van der Waals surface area contributed by atoms with E-state index in [1.54, 1.807) is 6.07 Å². The molecule has 1 atom stereocenters. The van der Waals surface area contributed by atoms with Crippen LogP contribution in [0.2, 0.25) is 0 Å². The van der Waals surface area contributed by atoms with E-state index in [1.807, 2.05) is 63.4 Å². The number of nitrogens with zero attached hydrogens (tertiary/aromatic N) is 1. The van der Waals surface area contributed by atoms with Crippen molar-refractivity contribution in [2.45, 2.75) is 58.7 Å². The SMILES string of the molecule is CC(=O)Nc1cccc(CC2CNS(=O)(=O)N2Cc2ccc3[nH]cc(CCNC(=O)OC(C)(C)C)c3c2)c1. The molecule has 4 N–H and O–H groups in total. The van der Waals surface area contributed by atoms with Crippen molar-refractivity contribution in [3.8, 4) is 0 Å². The lowest BCUT2D eigenvalue weighted by Crippen LogP contribution is -2.35. The zero-order valence-corrected chi connectivity index (χ0v) is 22.9. The molecule has 204 valence electrons. The fourth-order valence-electron chi connectivity index (χ4n) is 4.55. The number of aromatic amines is 1. The molecule has 11 heteroatoms. The minimum Gasteiger partial charge on any atom is -0.444 e. The average molecular weight is 542 g/mol. The number of carbonyl (C=O) groups excluding carboxylic acids is 2. The van der Waals surface area contributed by atoms with Crippen molar-refractivity contribution in [1.29, 1.82) is 0 Å². The zero-order valence-electron chi connectivity index (χ0n) is 22.1. The summed E-state index contributed by atoms with van der Waals surface area (Å²) in [4.78, 5) is 26.6. The van der Waals surface area contributed by atoms with Crippen LogP contribution in [-0.2, 0) is 39.1 Å². The van der Waals surface area contributed by atoms with Gasteiger partial charge in [-0.2, -0.15) is 12.7 Å². The lowest BCUT2D eigenvalue weighted by atomic mass is 10.0. The first-order chi connectivity index (χ1) is 17.9. The first-order valence-corrected chi connectivity index (χ1v) is 14.0. The number of H-pyrrole nitrogens is 1. The minimum atomic E-state index is -3.63. The number of hydrogen-bond acceptors (Lipinski definition) is 5. The molecule has 1 unspecified atom stereocenters. The first kappa shape index (κ1) is 27.6. The highest BCUT2D eigenvalue weighted by Crippen LogP contribution is 2.25. The van der Waals surface area contributed by atoms with Gasteiger partial charge in [-0.1, -0.05) is 18.2 Å². The van der Waals surface area contributed by atoms with Crippen molar-refractivity contribution >= 4 is 38.8 Å². The Morgan fingerprint density at radius 3 is 2.66 bits per heavy atom. The number of aromatic nitrogens is 1. The Balaban J connectivity index is 1.46. The summed E-state index contributed by atoms with van der Waals surface area (Å²) in [7, 11) is -3.63. The largest absolute Gasteiger partial charge is 0.444 e. The monoisotopic (exact) mass is 541 g/mol. The van der Waals surface area contributed by atoms with Crippen LogP contribution in [0.1, 0.15) is 44.4 Å². The van der Waals surface area contributed by atoms with Crippen LogP contribution in [0.5, 0.6) is 0 Å². The molecule has 0 radical (unpaired) electrons. The molecular weight excluding hydrogens is 506 g/mol. The van der Waals surface area contributed by atoms with Gasteiger partial charge >= 0.3 is 6.09 Å². The normalized spacial score (nSPS) is 17.4. The Morgan fingerprint density at radius 2 is 1.92 bits per heavy atom. The summed E-state index contributed by atoms with van der Waals surface area (Å²) in [6.07, 6.45) is 2.55. The molecule has 1 aromatic heterocycles. The van der Waals surface area contributed by atoms with Gasteiger partial charge in [-0.05, 0) is 74.6 Å². The summed E-state index contributed by atoms with van der Waals surface area (Å²) in [5, 5.41) is 6.53. The first-order valence-electron chi connectivity index (χ1n) is 12.6. The maximum absolute atomic E-state index is 12.9. The second-order valence-electron chi connectivity index (χ2n) is 10.5. The topological polar surface area (TPSA) is 133 Å². The fourth-order valence-corrected chi connectivity index (χ4v) is 5.98. The number of carbonyl (C=O) groups is 2. The second kappa shape index (κ2) is 11.1. The molecule has 2 heterocycles. The Bertz CT molecular complexity index is 1430. The third kappa shape index (κ3) is 7.12. The molecule has 3 aromatic rings. The van der Waals surface area contributed by atoms with E-state index in [0.29, 0.717) is 31.6 Å². The van der Waals surface area contributed by atoms with Gasteiger partial charge in [0.25, 0.3) is 10.2 Å². The lowest BCUT2D eigenvalue weighted by Gasteiger charge is -2.22. The summed E-state index contributed by atoms with van der Waals surface area (Å²) in [6.45, 7) is 7.84. The maximum Gasteiger partial charge on any atom is 0.407 e. The van der Waals surface area contributed by atoms with Crippen LogP contribution in [-0.4, -0.2) is 54.4 Å². The number of benzene rings is 2. The minimum absolute atomic E-state index is 0.158. The number of amides is 2. The van der Waals surface area contributed by atoms with Crippen LogP contribution in [0.25, 0.3) is 10.9 Å². The molecule has 2 amide bonds. The van der Waals surface area contributed by atoms with Gasteiger partial charge in [0, 0.05) is 55.4 Å². The van der Waals surface area contributed by atoms with Gasteiger partial charge < -0.3 is 20.4 Å². The van der Waals surface area contributed by atoms with E-state index in [0.717, 1.165) is 27.6 Å². The summed E-state index contributed by atoms with van der Waals surface area (Å²) in [5.74, 6) is -0.158. The molecule has 0 aliphatic carbocycles. The van der Waals surface area contributed by atoms with E-state index in [9.17, 15) is 18.0 Å². The molecule has 0 spiro atoms. The van der Waals surface area contributed by atoms with Crippen LogP contribution in [0.15, 0.2) is 48.7 Å². The second-order valence-corrected chi connectivity index (χ2v) is 12.2. The Morgan fingerprint density at radius 1 is 1.13 bits per heavy atom. The quantitative estimate of drug-likeness (QED) is 0.347. The lowest BCUT2D eigenvalue weighted by molar-refractivity contribution is -0.114. The predicted molar refractivity (Wildman–Crippen MR) is 147 cm³/mol. The highest BCUT2D eigenvalue weighted by molar-refractivity contribution is 7.87. The number of nitrogens with one attached hydrogen (secondary N) is 4. The average Bonchev–Trinajstić information content (AvgIpc) is 3.33. The van der Waals surface area contributed by atoms with Gasteiger partial charge in [-0.25, -0.2) is 9.52 Å². The van der Waals surface area contributed by atoms with Crippen molar-refractivity contribution in [3.63, 3.8) is 0 Å². The molecule has 10 nitrogen and oxygen atoms in total. The summed E-state index contributed by atoms with van der Waals surface area (Å²) < 4.78 is 35.2. The molecule has 4 rings (SSSR count). The zero-order chi connectivity index (χ0) is 27.5. The Kier molecular flexibility index (Phi) is 8.10. The number of rotatable bonds is 8. The van der Waals surface area contributed by atoms with E-state index < -0.39 is 21.9 Å². The number of alkyl carbamates (subject to hydrolysis) is 1. The van der Waals surface area contributed by atoms with E-state index in [1.165, 1.54) is 11.2 Å². The molecule has 38 heavy (non-hydrogen) atoms. The number of anilines is 1. The van der Waals surface area contributed by atoms with Crippen LogP contribution < -0.4 is 15.4 Å². The van der Waals surface area contributed by atoms with Gasteiger partial charge in [0.05, 0.1) is 0 Å². The van der Waals surface area contributed by atoms with Gasteiger partial charge in [0.1, 0.15) is 5.60 Å². The summed E-state index contributed by atoms with van der Waals surface area (Å²) >= 11 is 0. The molecule has 1 fully saturated rings. The molecule has 0 saturated carbocycles. The van der Waals surface area contributed by atoms with Crippen LogP contribution in [0.4, 0.5) is 10.5 Å². The molecule has 1 saturated heterocycles. The highest BCUT2D eigenvalue weighted by atomic mass is 32.2. The van der Waals surface area contributed by atoms with Crippen molar-refractivity contribution in [3.05, 3.63) is 65.4 Å². The summed E-state index contributed by atoms with van der Waals surface area (Å²) in [5.41, 5.74) is 3.88. The van der Waals surface area contributed by atoms with E-state index in [4.69, 9.17) is 4.74 Å². The van der Waals surface area contributed by atoms with E-state index in [-0.39, 0.29) is 18.5 Å². The van der Waals surface area contributed by atoms with Crippen molar-refractivity contribution < 1.29 is 22.7 Å². The number of hydrogen-bond donors (Lipinski definition) is 4. The smallest absolute Gasteiger partial charge is 0.407 e. The van der Waals surface area contributed by atoms with E-state index in [2.05, 4.69) is 20.3 Å².